The molecule has 2 aromatic carbocycles. The van der Waals surface area contributed by atoms with E-state index in [0.717, 1.165) is 0 Å². The van der Waals surface area contributed by atoms with Gasteiger partial charge in [-0.15, -0.1) is 5.10 Å². The highest BCUT2D eigenvalue weighted by Crippen LogP contribution is 2.29. The van der Waals surface area contributed by atoms with E-state index in [9.17, 15) is 19.7 Å². The van der Waals surface area contributed by atoms with Crippen molar-refractivity contribution in [2.75, 3.05) is 10.6 Å². The Morgan fingerprint density at radius 1 is 1.30 bits per heavy atom. The topological polar surface area (TPSA) is 132 Å². The second-order valence-electron chi connectivity index (χ2n) is 6.72. The molecular formula is C19H15ClN6O4. The molecule has 0 radical (unpaired) electrons. The van der Waals surface area contributed by atoms with Gasteiger partial charge in [0.25, 0.3) is 11.6 Å². The Morgan fingerprint density at radius 2 is 2.03 bits per heavy atom. The number of aryl methyl sites for hydroxylation is 1. The fourth-order valence-corrected chi connectivity index (χ4v) is 3.19. The summed E-state index contributed by atoms with van der Waals surface area (Å²) in [6.07, 6.45) is -0.204. The van der Waals surface area contributed by atoms with Crippen LogP contribution in [0.4, 0.5) is 17.3 Å². The van der Waals surface area contributed by atoms with Crippen LogP contribution < -0.4 is 10.6 Å². The van der Waals surface area contributed by atoms with E-state index in [1.165, 1.54) is 16.8 Å². The molecule has 0 spiro atoms. The molecule has 0 unspecified atom stereocenters. The molecule has 152 valence electrons. The van der Waals surface area contributed by atoms with Crippen LogP contribution in [0.2, 0.25) is 5.02 Å². The quantitative estimate of drug-likeness (QED) is 0.475. The molecule has 2 heterocycles. The number of nitrogens with one attached hydrogen (secondary N) is 2. The van der Waals surface area contributed by atoms with Crippen LogP contribution in [-0.2, 0) is 9.59 Å². The average Bonchev–Trinajstić information content (AvgIpc) is 3.22. The van der Waals surface area contributed by atoms with Crippen LogP contribution in [-0.4, -0.2) is 31.5 Å². The molecule has 4 rings (SSSR count). The van der Waals surface area contributed by atoms with Crippen molar-refractivity contribution in [1.82, 2.24) is 14.8 Å². The van der Waals surface area contributed by atoms with Crippen LogP contribution >= 0.6 is 11.6 Å². The molecule has 11 heteroatoms. The van der Waals surface area contributed by atoms with E-state index >= 15 is 0 Å². The minimum Gasteiger partial charge on any atom is -0.326 e. The van der Waals surface area contributed by atoms with Crippen LogP contribution in [0.15, 0.2) is 42.5 Å². The SMILES string of the molecule is Cc1ccc([N+](=O)[O-])cc1NC(=O)C[C@@H]1C(=O)Nc2nc(-c3ccc(Cl)cc3)nn21. The number of benzene rings is 2. The van der Waals surface area contributed by atoms with E-state index in [2.05, 4.69) is 20.7 Å². The van der Waals surface area contributed by atoms with Gasteiger partial charge >= 0.3 is 0 Å². The predicted octanol–water partition coefficient (Wildman–Crippen LogP) is 3.34. The number of carbonyl (C=O) groups is 2. The first-order chi connectivity index (χ1) is 14.3. The van der Waals surface area contributed by atoms with Gasteiger partial charge in [0.05, 0.1) is 17.0 Å². The van der Waals surface area contributed by atoms with Crippen molar-refractivity contribution in [2.24, 2.45) is 0 Å². The highest BCUT2D eigenvalue weighted by atomic mass is 35.5. The van der Waals surface area contributed by atoms with Gasteiger partial charge in [-0.3, -0.25) is 25.0 Å². The van der Waals surface area contributed by atoms with E-state index in [4.69, 9.17) is 11.6 Å². The van der Waals surface area contributed by atoms with Crippen molar-refractivity contribution in [3.8, 4) is 11.4 Å². The number of nitro benzene ring substituents is 1. The number of nitrogens with zero attached hydrogens (tertiary/aromatic N) is 4. The Balaban J connectivity index is 1.53. The number of rotatable bonds is 5. The summed E-state index contributed by atoms with van der Waals surface area (Å²) in [7, 11) is 0. The summed E-state index contributed by atoms with van der Waals surface area (Å²) in [4.78, 5) is 39.5. The maximum absolute atomic E-state index is 12.5. The molecule has 10 nitrogen and oxygen atoms in total. The normalized spacial score (nSPS) is 14.9. The maximum atomic E-state index is 12.5. The van der Waals surface area contributed by atoms with Gasteiger partial charge in [-0.05, 0) is 36.8 Å². The number of fused-ring (bicyclic) bond motifs is 1. The van der Waals surface area contributed by atoms with Crippen LogP contribution in [0.3, 0.4) is 0 Å². The predicted molar refractivity (Wildman–Crippen MR) is 109 cm³/mol. The van der Waals surface area contributed by atoms with Gasteiger partial charge in [-0.1, -0.05) is 17.7 Å². The lowest BCUT2D eigenvalue weighted by atomic mass is 10.1. The standard InChI is InChI=1S/C19H15ClN6O4/c1-10-2-7-13(26(29)30)8-14(10)21-16(27)9-15-18(28)23-19-22-17(24-25(15)19)11-3-5-12(20)6-4-11/h2-8,15H,9H2,1H3,(H,21,27)(H,22,23,24,28)/t15-/m1/s1. The second kappa shape index (κ2) is 7.56. The molecule has 0 saturated carbocycles. The lowest BCUT2D eigenvalue weighted by molar-refractivity contribution is -0.384. The van der Waals surface area contributed by atoms with Gasteiger partial charge in [0.2, 0.25) is 11.9 Å². The van der Waals surface area contributed by atoms with E-state index in [-0.39, 0.29) is 18.1 Å². The monoisotopic (exact) mass is 426 g/mol. The van der Waals surface area contributed by atoms with Gasteiger partial charge in [0.1, 0.15) is 6.04 Å². The van der Waals surface area contributed by atoms with Gasteiger partial charge < -0.3 is 5.32 Å². The lowest BCUT2D eigenvalue weighted by Crippen LogP contribution is -2.24. The van der Waals surface area contributed by atoms with Crippen molar-refractivity contribution in [2.45, 2.75) is 19.4 Å². The molecule has 0 aliphatic carbocycles. The van der Waals surface area contributed by atoms with Gasteiger partial charge in [0, 0.05) is 22.7 Å². The van der Waals surface area contributed by atoms with Crippen molar-refractivity contribution in [3.05, 3.63) is 63.2 Å². The van der Waals surface area contributed by atoms with E-state index in [1.807, 2.05) is 0 Å². The van der Waals surface area contributed by atoms with Crippen LogP contribution in [0.1, 0.15) is 18.0 Å². The molecule has 1 aromatic heterocycles. The lowest BCUT2D eigenvalue weighted by Gasteiger charge is -2.11. The number of carbonyl (C=O) groups excluding carboxylic acids is 2. The first-order valence-electron chi connectivity index (χ1n) is 8.90. The van der Waals surface area contributed by atoms with Crippen molar-refractivity contribution in [1.29, 1.82) is 0 Å². The maximum Gasteiger partial charge on any atom is 0.271 e. The van der Waals surface area contributed by atoms with Crippen molar-refractivity contribution < 1.29 is 14.5 Å². The molecule has 30 heavy (non-hydrogen) atoms. The fraction of sp³-hybridized carbons (Fsp3) is 0.158. The summed E-state index contributed by atoms with van der Waals surface area (Å²) in [5.74, 6) is -0.246. The Kier molecular flexibility index (Phi) is 4.92. The summed E-state index contributed by atoms with van der Waals surface area (Å²) in [5, 5.41) is 21.1. The number of halogens is 1. The van der Waals surface area contributed by atoms with Gasteiger partial charge in [-0.2, -0.15) is 4.98 Å². The number of amides is 2. The number of non-ortho nitro benzene ring substituents is 1. The number of hydrogen-bond acceptors (Lipinski definition) is 6. The zero-order valence-electron chi connectivity index (χ0n) is 15.6. The fourth-order valence-electron chi connectivity index (χ4n) is 3.07. The first-order valence-corrected chi connectivity index (χ1v) is 9.28. The van der Waals surface area contributed by atoms with Crippen LogP contribution in [0.5, 0.6) is 0 Å². The first kappa shape index (κ1) is 19.5. The van der Waals surface area contributed by atoms with Crippen molar-refractivity contribution in [3.63, 3.8) is 0 Å². The van der Waals surface area contributed by atoms with Crippen LogP contribution in [0, 0.1) is 17.0 Å². The molecule has 1 atom stereocenters. The number of hydrogen-bond donors (Lipinski definition) is 2. The van der Waals surface area contributed by atoms with Gasteiger partial charge in [-0.25, -0.2) is 4.68 Å². The van der Waals surface area contributed by atoms with Gasteiger partial charge in [0.15, 0.2) is 5.82 Å². The number of aromatic nitrogens is 3. The Morgan fingerprint density at radius 3 is 2.73 bits per heavy atom. The highest BCUT2D eigenvalue weighted by Gasteiger charge is 2.35. The highest BCUT2D eigenvalue weighted by molar-refractivity contribution is 6.30. The summed E-state index contributed by atoms with van der Waals surface area (Å²) in [5.41, 5.74) is 1.55. The number of anilines is 2. The smallest absolute Gasteiger partial charge is 0.271 e. The third kappa shape index (κ3) is 3.72. The molecular weight excluding hydrogens is 412 g/mol. The minimum atomic E-state index is -0.882. The molecule has 2 amide bonds. The molecule has 2 N–H and O–H groups in total. The molecule has 1 aliphatic heterocycles. The van der Waals surface area contributed by atoms with Crippen molar-refractivity contribution >= 4 is 40.7 Å². The van der Waals surface area contributed by atoms with E-state index < -0.39 is 22.8 Å². The third-order valence-corrected chi connectivity index (χ3v) is 4.90. The Hall–Kier alpha value is -3.79. The zero-order chi connectivity index (χ0) is 21.4. The minimum absolute atomic E-state index is 0.138. The zero-order valence-corrected chi connectivity index (χ0v) is 16.4. The Bertz CT molecular complexity index is 1170. The summed E-state index contributed by atoms with van der Waals surface area (Å²) < 4.78 is 1.37. The van der Waals surface area contributed by atoms with E-state index in [0.29, 0.717) is 27.7 Å². The van der Waals surface area contributed by atoms with Crippen LogP contribution in [0.25, 0.3) is 11.4 Å². The summed E-state index contributed by atoms with van der Waals surface area (Å²) >= 11 is 5.89. The molecule has 3 aromatic rings. The molecule has 0 saturated heterocycles. The summed E-state index contributed by atoms with van der Waals surface area (Å²) in [6.45, 7) is 1.72. The third-order valence-electron chi connectivity index (χ3n) is 4.65. The van der Waals surface area contributed by atoms with E-state index in [1.54, 1.807) is 37.3 Å². The molecule has 1 aliphatic rings. The number of nitro groups is 1. The largest absolute Gasteiger partial charge is 0.326 e. The second-order valence-corrected chi connectivity index (χ2v) is 7.16. The molecule has 0 bridgehead atoms. The Labute approximate surface area is 175 Å². The molecule has 0 fully saturated rings. The summed E-state index contributed by atoms with van der Waals surface area (Å²) in [6, 6.07) is 10.2. The average molecular weight is 427 g/mol.